The van der Waals surface area contributed by atoms with E-state index in [2.05, 4.69) is 39.9 Å². The smallest absolute Gasteiger partial charge is 0.250 e. The number of nitrogens with one attached hydrogen (secondary N) is 2. The van der Waals surface area contributed by atoms with E-state index in [1.807, 2.05) is 41.8 Å². The molecule has 3 rings (SSSR count). The Balaban J connectivity index is 1.62. The van der Waals surface area contributed by atoms with Gasteiger partial charge in [0.05, 0.1) is 25.1 Å². The van der Waals surface area contributed by atoms with Gasteiger partial charge in [-0.1, -0.05) is 60.2 Å². The van der Waals surface area contributed by atoms with Gasteiger partial charge in [0.15, 0.2) is 5.82 Å². The Morgan fingerprint density at radius 1 is 1.09 bits per heavy atom. The van der Waals surface area contributed by atoms with Crippen molar-refractivity contribution in [2.24, 2.45) is 5.73 Å². The molecule has 3 aromatic rings. The maximum atomic E-state index is 12.9. The number of carbonyl (C=O) groups is 2. The zero-order valence-electron chi connectivity index (χ0n) is 19.2. The molecule has 0 saturated carbocycles. The molecule has 0 aliphatic heterocycles. The second-order valence-corrected chi connectivity index (χ2v) is 8.65. The number of rotatable bonds is 10. The maximum Gasteiger partial charge on any atom is 0.250 e. The second kappa shape index (κ2) is 10.9. The molecule has 4 N–H and O–H groups in total. The fourth-order valence-electron chi connectivity index (χ4n) is 3.02. The van der Waals surface area contributed by atoms with E-state index in [0.717, 1.165) is 11.1 Å². The number of hydrogen-bond donors (Lipinski definition) is 3. The van der Waals surface area contributed by atoms with Crippen LogP contribution in [-0.4, -0.2) is 39.6 Å². The molecule has 8 heteroatoms. The predicted octanol–water partition coefficient (Wildman–Crippen LogP) is 2.62. The Morgan fingerprint density at radius 2 is 1.79 bits per heavy atom. The Kier molecular flexibility index (Phi) is 7.97. The van der Waals surface area contributed by atoms with Crippen LogP contribution in [0.15, 0.2) is 67.1 Å². The largest absolute Gasteiger partial charge is 0.374 e. The van der Waals surface area contributed by atoms with Gasteiger partial charge >= 0.3 is 0 Å². The lowest BCUT2D eigenvalue weighted by molar-refractivity contribution is -0.130. The van der Waals surface area contributed by atoms with Gasteiger partial charge in [0, 0.05) is 12.7 Å². The van der Waals surface area contributed by atoms with Crippen LogP contribution in [0.2, 0.25) is 0 Å². The standard InChI is InChI=1S/C25H31N5O3/c1-18-9-11-19(12-10-18)13-30-14-22(27-17-30)29-23(31)21(28-24(32)25(2,3)26)16-33-15-20-7-5-4-6-8-20/h4-12,14,17,21H,13,15-16,26H2,1-3H3,(H,28,32)(H,29,31). The van der Waals surface area contributed by atoms with Crippen molar-refractivity contribution in [3.63, 3.8) is 0 Å². The number of amides is 2. The molecule has 1 unspecified atom stereocenters. The summed E-state index contributed by atoms with van der Waals surface area (Å²) in [5, 5.41) is 5.44. The minimum atomic E-state index is -1.13. The van der Waals surface area contributed by atoms with Crippen LogP contribution in [0.3, 0.4) is 0 Å². The average molecular weight is 450 g/mol. The summed E-state index contributed by atoms with van der Waals surface area (Å²) in [6, 6.07) is 16.9. The molecule has 0 spiro atoms. The van der Waals surface area contributed by atoms with E-state index in [1.54, 1.807) is 26.4 Å². The van der Waals surface area contributed by atoms with Crippen molar-refractivity contribution in [2.75, 3.05) is 11.9 Å². The fraction of sp³-hybridized carbons (Fsp3) is 0.320. The number of benzene rings is 2. The number of carbonyl (C=O) groups excluding carboxylic acids is 2. The SMILES string of the molecule is Cc1ccc(Cn2cnc(NC(=O)C(COCc3ccccc3)NC(=O)C(C)(C)N)c2)cc1. The lowest BCUT2D eigenvalue weighted by Crippen LogP contribution is -2.56. The normalized spacial score (nSPS) is 12.2. The third-order valence-corrected chi connectivity index (χ3v) is 4.97. The van der Waals surface area contributed by atoms with Crippen LogP contribution in [0.25, 0.3) is 0 Å². The van der Waals surface area contributed by atoms with Gasteiger partial charge in [0.1, 0.15) is 6.04 Å². The second-order valence-electron chi connectivity index (χ2n) is 8.65. The third kappa shape index (κ3) is 7.55. The van der Waals surface area contributed by atoms with Gasteiger partial charge in [-0.3, -0.25) is 9.59 Å². The predicted molar refractivity (Wildman–Crippen MR) is 127 cm³/mol. The summed E-state index contributed by atoms with van der Waals surface area (Å²) in [6.07, 6.45) is 3.40. The zero-order valence-corrected chi connectivity index (χ0v) is 19.2. The topological polar surface area (TPSA) is 111 Å². The van der Waals surface area contributed by atoms with E-state index >= 15 is 0 Å². The van der Waals surface area contributed by atoms with Gasteiger partial charge in [0.25, 0.3) is 5.91 Å². The first-order valence-corrected chi connectivity index (χ1v) is 10.8. The van der Waals surface area contributed by atoms with Crippen molar-refractivity contribution in [3.05, 3.63) is 83.8 Å². The molecule has 1 atom stereocenters. The lowest BCUT2D eigenvalue weighted by atomic mass is 10.1. The molecule has 0 bridgehead atoms. The van der Waals surface area contributed by atoms with E-state index < -0.39 is 23.4 Å². The van der Waals surface area contributed by atoms with Gasteiger partial charge in [-0.2, -0.15) is 0 Å². The minimum Gasteiger partial charge on any atom is -0.374 e. The Bertz CT molecular complexity index is 1060. The van der Waals surface area contributed by atoms with Crippen LogP contribution >= 0.6 is 0 Å². The van der Waals surface area contributed by atoms with Crippen molar-refractivity contribution >= 4 is 17.6 Å². The molecule has 0 aliphatic rings. The van der Waals surface area contributed by atoms with E-state index in [1.165, 1.54) is 5.56 Å². The monoisotopic (exact) mass is 449 g/mol. The van der Waals surface area contributed by atoms with Crippen molar-refractivity contribution < 1.29 is 14.3 Å². The van der Waals surface area contributed by atoms with Crippen LogP contribution in [0.4, 0.5) is 5.82 Å². The summed E-state index contributed by atoms with van der Waals surface area (Å²) in [5.74, 6) is -0.487. The van der Waals surface area contributed by atoms with E-state index in [-0.39, 0.29) is 6.61 Å². The number of aryl methyl sites for hydroxylation is 1. The molecule has 0 aliphatic carbocycles. The summed E-state index contributed by atoms with van der Waals surface area (Å²) in [5.41, 5.74) is 8.04. The molecule has 174 valence electrons. The minimum absolute atomic E-state index is 0.00732. The molecule has 2 amide bonds. The Labute approximate surface area is 194 Å². The van der Waals surface area contributed by atoms with Crippen molar-refractivity contribution in [2.45, 2.75) is 45.5 Å². The Hall–Kier alpha value is -3.49. The molecule has 0 saturated heterocycles. The highest BCUT2D eigenvalue weighted by atomic mass is 16.5. The summed E-state index contributed by atoms with van der Waals surface area (Å²) >= 11 is 0. The molecule has 8 nitrogen and oxygen atoms in total. The van der Waals surface area contributed by atoms with Gasteiger partial charge in [-0.05, 0) is 31.9 Å². The highest BCUT2D eigenvalue weighted by Crippen LogP contribution is 2.10. The van der Waals surface area contributed by atoms with Crippen LogP contribution in [0, 0.1) is 6.92 Å². The average Bonchev–Trinajstić information content (AvgIpc) is 3.21. The number of anilines is 1. The number of imidazole rings is 1. The van der Waals surface area contributed by atoms with Crippen molar-refractivity contribution in [1.82, 2.24) is 14.9 Å². The van der Waals surface area contributed by atoms with Gasteiger partial charge < -0.3 is 25.7 Å². The summed E-state index contributed by atoms with van der Waals surface area (Å²) in [4.78, 5) is 29.6. The molecular formula is C25H31N5O3. The summed E-state index contributed by atoms with van der Waals surface area (Å²) in [6.45, 7) is 6.14. The third-order valence-electron chi connectivity index (χ3n) is 4.97. The summed E-state index contributed by atoms with van der Waals surface area (Å²) < 4.78 is 7.58. The van der Waals surface area contributed by atoms with Gasteiger partial charge in [0.2, 0.25) is 5.91 Å². The number of hydrogen-bond acceptors (Lipinski definition) is 5. The van der Waals surface area contributed by atoms with Crippen LogP contribution in [-0.2, 0) is 27.5 Å². The molecule has 33 heavy (non-hydrogen) atoms. The first-order chi connectivity index (χ1) is 15.7. The highest BCUT2D eigenvalue weighted by molar-refractivity contribution is 5.97. The van der Waals surface area contributed by atoms with Crippen molar-refractivity contribution in [3.8, 4) is 0 Å². The quantitative estimate of drug-likeness (QED) is 0.441. The molecule has 2 aromatic carbocycles. The molecule has 0 radical (unpaired) electrons. The van der Waals surface area contributed by atoms with Gasteiger partial charge in [-0.25, -0.2) is 4.98 Å². The zero-order chi connectivity index (χ0) is 23.8. The number of nitrogens with two attached hydrogens (primary N) is 1. The van der Waals surface area contributed by atoms with E-state index in [9.17, 15) is 9.59 Å². The highest BCUT2D eigenvalue weighted by Gasteiger charge is 2.28. The van der Waals surface area contributed by atoms with Crippen LogP contribution in [0.5, 0.6) is 0 Å². The molecule has 1 aromatic heterocycles. The number of aromatic nitrogens is 2. The van der Waals surface area contributed by atoms with E-state index in [4.69, 9.17) is 10.5 Å². The first-order valence-electron chi connectivity index (χ1n) is 10.8. The molecule has 1 heterocycles. The van der Waals surface area contributed by atoms with Crippen molar-refractivity contribution in [1.29, 1.82) is 0 Å². The van der Waals surface area contributed by atoms with Crippen LogP contribution in [0.1, 0.15) is 30.5 Å². The van der Waals surface area contributed by atoms with Crippen LogP contribution < -0.4 is 16.4 Å². The Morgan fingerprint density at radius 3 is 2.45 bits per heavy atom. The summed E-state index contributed by atoms with van der Waals surface area (Å²) in [7, 11) is 0. The lowest BCUT2D eigenvalue weighted by Gasteiger charge is -2.23. The maximum absolute atomic E-state index is 12.9. The number of ether oxygens (including phenoxy) is 1. The molecule has 0 fully saturated rings. The first kappa shape index (κ1) is 24.2. The van der Waals surface area contributed by atoms with E-state index in [0.29, 0.717) is 19.0 Å². The number of nitrogens with zero attached hydrogens (tertiary/aromatic N) is 2. The van der Waals surface area contributed by atoms with Gasteiger partial charge in [-0.15, -0.1) is 0 Å². The molecular weight excluding hydrogens is 418 g/mol. The fourth-order valence-corrected chi connectivity index (χ4v) is 3.02.